The highest BCUT2D eigenvalue weighted by Crippen LogP contribution is 2.53. The highest BCUT2D eigenvalue weighted by atomic mass is 35.5. The fourth-order valence-corrected chi connectivity index (χ4v) is 5.37. The first-order valence-electron chi connectivity index (χ1n) is 11.1. The first kappa shape index (κ1) is 29.1. The van der Waals surface area contributed by atoms with Crippen LogP contribution in [0.5, 0.6) is 0 Å². The van der Waals surface area contributed by atoms with Crippen LogP contribution in [0.3, 0.4) is 0 Å². The fraction of sp³-hybridized carbons (Fsp3) is 0.615. The zero-order chi connectivity index (χ0) is 25.1. The van der Waals surface area contributed by atoms with Gasteiger partial charge in [-0.05, 0) is 70.0 Å². The predicted molar refractivity (Wildman–Crippen MR) is 144 cm³/mol. The molecule has 0 aliphatic carbocycles. The van der Waals surface area contributed by atoms with Crippen molar-refractivity contribution in [1.29, 1.82) is 0 Å². The smallest absolute Gasteiger partial charge is 0.192 e. The summed E-state index contributed by atoms with van der Waals surface area (Å²) in [5.74, 6) is 1.91. The summed E-state index contributed by atoms with van der Waals surface area (Å²) >= 11 is 12.8. The normalized spacial score (nSPS) is 15.2. The lowest BCUT2D eigenvalue weighted by Gasteiger charge is -2.35. The van der Waals surface area contributed by atoms with Crippen molar-refractivity contribution >= 4 is 37.0 Å². The first-order valence-corrected chi connectivity index (χ1v) is 13.3. The van der Waals surface area contributed by atoms with Crippen LogP contribution < -0.4 is 5.09 Å². The van der Waals surface area contributed by atoms with Crippen molar-refractivity contribution in [2.75, 3.05) is 18.8 Å². The molecule has 32 heavy (non-hydrogen) atoms. The minimum Gasteiger partial charge on any atom is -0.486 e. The monoisotopic (exact) mass is 501 g/mol. The molecule has 0 amide bonds. The molecule has 182 valence electrons. The van der Waals surface area contributed by atoms with E-state index in [9.17, 15) is 0 Å². The van der Waals surface area contributed by atoms with Crippen molar-refractivity contribution < 1.29 is 9.47 Å². The van der Waals surface area contributed by atoms with E-state index in [2.05, 4.69) is 79.5 Å². The standard InChI is InChI=1S/C26H42Cl2NO2P/c1-13-31-21(27)16-32(17(2)23(28)30-12)29-22-19(25(6,7)8)14-18(24(3,4)5)15-20(22)26(9,10)11/h14-16,29H,13H2,1-12H3/b21-16+,23-17-. The summed E-state index contributed by atoms with van der Waals surface area (Å²) in [6, 6.07) is 4.69. The van der Waals surface area contributed by atoms with Crippen molar-refractivity contribution in [3.8, 4) is 0 Å². The Kier molecular flexibility index (Phi) is 10.0. The van der Waals surface area contributed by atoms with Gasteiger partial charge in [0.05, 0.1) is 13.7 Å². The molecule has 1 N–H and O–H groups in total. The second-order valence-electron chi connectivity index (χ2n) is 11.1. The summed E-state index contributed by atoms with van der Waals surface area (Å²) in [5, 5.41) is 5.42. The molecule has 1 atom stereocenters. The highest BCUT2D eigenvalue weighted by Gasteiger charge is 2.30. The van der Waals surface area contributed by atoms with Gasteiger partial charge in [-0.15, -0.1) is 0 Å². The topological polar surface area (TPSA) is 30.5 Å². The summed E-state index contributed by atoms with van der Waals surface area (Å²) < 4.78 is 10.9. The van der Waals surface area contributed by atoms with Gasteiger partial charge in [0.25, 0.3) is 0 Å². The molecular formula is C26H42Cl2NO2P. The number of anilines is 1. The maximum Gasteiger partial charge on any atom is 0.192 e. The third-order valence-corrected chi connectivity index (χ3v) is 8.01. The maximum absolute atomic E-state index is 6.40. The summed E-state index contributed by atoms with van der Waals surface area (Å²) in [4.78, 5) is 0. The van der Waals surface area contributed by atoms with Gasteiger partial charge in [-0.3, -0.25) is 0 Å². The van der Waals surface area contributed by atoms with Gasteiger partial charge in [-0.2, -0.15) is 0 Å². The van der Waals surface area contributed by atoms with E-state index in [1.807, 2.05) is 19.7 Å². The second kappa shape index (κ2) is 11.0. The molecule has 0 saturated heterocycles. The molecule has 0 saturated carbocycles. The third-order valence-electron chi connectivity index (χ3n) is 5.19. The Morgan fingerprint density at radius 1 is 0.938 bits per heavy atom. The largest absolute Gasteiger partial charge is 0.486 e. The maximum atomic E-state index is 6.40. The van der Waals surface area contributed by atoms with Crippen LogP contribution in [-0.2, 0) is 25.7 Å². The predicted octanol–water partition coefficient (Wildman–Crippen LogP) is 9.54. The number of methoxy groups -OCH3 is 1. The van der Waals surface area contributed by atoms with Gasteiger partial charge < -0.3 is 14.6 Å². The number of allylic oxidation sites excluding steroid dienone is 1. The molecule has 3 nitrogen and oxygen atoms in total. The molecule has 1 unspecified atom stereocenters. The zero-order valence-electron chi connectivity index (χ0n) is 22.0. The summed E-state index contributed by atoms with van der Waals surface area (Å²) in [7, 11) is 0.471. The van der Waals surface area contributed by atoms with Crippen LogP contribution in [0.25, 0.3) is 0 Å². The summed E-state index contributed by atoms with van der Waals surface area (Å²) in [6.45, 7) is 24.7. The molecule has 0 aliphatic heterocycles. The Morgan fingerprint density at radius 2 is 1.41 bits per heavy atom. The summed E-state index contributed by atoms with van der Waals surface area (Å²) in [6.07, 6.45) is 0. The lowest BCUT2D eigenvalue weighted by Crippen LogP contribution is -2.23. The van der Waals surface area contributed by atoms with Crippen LogP contribution in [0, 0.1) is 0 Å². The van der Waals surface area contributed by atoms with Crippen molar-refractivity contribution in [2.45, 2.75) is 92.4 Å². The highest BCUT2D eigenvalue weighted by molar-refractivity contribution is 7.66. The van der Waals surface area contributed by atoms with E-state index >= 15 is 0 Å². The van der Waals surface area contributed by atoms with E-state index < -0.39 is 8.07 Å². The molecule has 1 rings (SSSR count). The number of hydrogen-bond acceptors (Lipinski definition) is 3. The summed E-state index contributed by atoms with van der Waals surface area (Å²) in [5.41, 5.74) is 4.89. The molecule has 0 aliphatic rings. The van der Waals surface area contributed by atoms with Crippen LogP contribution in [0.1, 0.15) is 92.9 Å². The van der Waals surface area contributed by atoms with Crippen molar-refractivity contribution in [3.63, 3.8) is 0 Å². The van der Waals surface area contributed by atoms with E-state index in [1.54, 1.807) is 7.11 Å². The minimum absolute atomic E-state index is 0.0383. The SMILES string of the molecule is CCO/C(Cl)=C/P(Nc1c(C(C)(C)C)cc(C(C)(C)C)cc1C(C)(C)C)/C(C)=C(/Cl)OC. The number of ether oxygens (including phenoxy) is 2. The zero-order valence-corrected chi connectivity index (χ0v) is 24.4. The molecule has 6 heteroatoms. The van der Waals surface area contributed by atoms with E-state index in [4.69, 9.17) is 32.7 Å². The quantitative estimate of drug-likeness (QED) is 0.297. The second-order valence-corrected chi connectivity index (χ2v) is 13.7. The number of rotatable bonds is 7. The number of halogens is 2. The fourth-order valence-electron chi connectivity index (χ4n) is 3.23. The van der Waals surface area contributed by atoms with Gasteiger partial charge in [0.2, 0.25) is 0 Å². The molecule has 0 aromatic heterocycles. The molecule has 1 aromatic carbocycles. The van der Waals surface area contributed by atoms with Gasteiger partial charge in [-0.25, -0.2) is 0 Å². The first-order chi connectivity index (χ1) is 14.4. The molecule has 1 aromatic rings. The van der Waals surface area contributed by atoms with E-state index in [0.717, 1.165) is 11.0 Å². The molecule has 0 radical (unpaired) electrons. The Morgan fingerprint density at radius 3 is 1.75 bits per heavy atom. The van der Waals surface area contributed by atoms with Crippen LogP contribution in [0.4, 0.5) is 5.69 Å². The Balaban J connectivity index is 3.91. The van der Waals surface area contributed by atoms with E-state index in [-0.39, 0.29) is 16.2 Å². The Hall–Kier alpha value is -0.890. The van der Waals surface area contributed by atoms with Crippen molar-refractivity contribution in [2.24, 2.45) is 0 Å². The lowest BCUT2D eigenvalue weighted by atomic mass is 9.74. The Labute approximate surface area is 207 Å². The van der Waals surface area contributed by atoms with Gasteiger partial charge in [0.1, 0.15) is 0 Å². The van der Waals surface area contributed by atoms with Gasteiger partial charge >= 0.3 is 0 Å². The molecule has 0 spiro atoms. The van der Waals surface area contributed by atoms with E-state index in [1.165, 1.54) is 16.7 Å². The van der Waals surface area contributed by atoms with Gasteiger partial charge in [0.15, 0.2) is 10.4 Å². The number of hydrogen-bond donors (Lipinski definition) is 1. The van der Waals surface area contributed by atoms with Crippen molar-refractivity contribution in [3.05, 3.63) is 50.4 Å². The average Bonchev–Trinajstić information content (AvgIpc) is 2.63. The van der Waals surface area contributed by atoms with Crippen LogP contribution >= 0.6 is 31.3 Å². The third kappa shape index (κ3) is 7.86. The van der Waals surface area contributed by atoms with Gasteiger partial charge in [0, 0.05) is 24.9 Å². The van der Waals surface area contributed by atoms with E-state index in [0.29, 0.717) is 17.0 Å². The van der Waals surface area contributed by atoms with Gasteiger partial charge in [-0.1, -0.05) is 74.4 Å². The van der Waals surface area contributed by atoms with Crippen LogP contribution in [0.2, 0.25) is 0 Å². The molecule has 0 heterocycles. The molecular weight excluding hydrogens is 460 g/mol. The van der Waals surface area contributed by atoms with Crippen molar-refractivity contribution in [1.82, 2.24) is 0 Å². The lowest BCUT2D eigenvalue weighted by molar-refractivity contribution is 0.256. The minimum atomic E-state index is -1.11. The number of nitrogens with one attached hydrogen (secondary N) is 1. The number of benzene rings is 1. The van der Waals surface area contributed by atoms with Crippen LogP contribution in [-0.4, -0.2) is 13.7 Å². The Bertz CT molecular complexity index is 821. The van der Waals surface area contributed by atoms with Crippen LogP contribution in [0.15, 0.2) is 33.7 Å². The molecule has 0 bridgehead atoms. The average molecular weight is 503 g/mol. The molecule has 0 fully saturated rings.